The van der Waals surface area contributed by atoms with Gasteiger partial charge in [0.25, 0.3) is 0 Å². The summed E-state index contributed by atoms with van der Waals surface area (Å²) in [5, 5.41) is 7.98. The number of nitriles is 1. The number of fused-ring (bicyclic) bond motifs is 2. The van der Waals surface area contributed by atoms with Crippen molar-refractivity contribution < 1.29 is 17.6 Å². The Morgan fingerprint density at radius 2 is 1.91 bits per heavy atom. The van der Waals surface area contributed by atoms with Crippen molar-refractivity contribution in [2.45, 2.75) is 49.0 Å². The van der Waals surface area contributed by atoms with E-state index in [9.17, 15) is 17.6 Å². The SMILES string of the molecule is N#CCc1ccc(F)cc1C(=O)C1CC2CCCC(C1)S2(=O)=O. The molecule has 0 aromatic heterocycles. The summed E-state index contributed by atoms with van der Waals surface area (Å²) in [7, 11) is -3.12. The Hall–Kier alpha value is -1.74. The maximum Gasteiger partial charge on any atom is 0.166 e. The lowest BCUT2D eigenvalue weighted by Gasteiger charge is -2.38. The fourth-order valence-electron chi connectivity index (χ4n) is 3.86. The quantitative estimate of drug-likeness (QED) is 0.796. The van der Waals surface area contributed by atoms with Crippen molar-refractivity contribution in [3.8, 4) is 6.07 Å². The van der Waals surface area contributed by atoms with E-state index in [0.717, 1.165) is 6.42 Å². The van der Waals surface area contributed by atoms with Crippen molar-refractivity contribution >= 4 is 15.6 Å². The highest BCUT2D eigenvalue weighted by Gasteiger charge is 2.46. The molecule has 0 aliphatic carbocycles. The third-order valence-electron chi connectivity index (χ3n) is 5.05. The van der Waals surface area contributed by atoms with Crippen LogP contribution < -0.4 is 0 Å². The average Bonchev–Trinajstić information content (AvgIpc) is 2.47. The molecule has 6 heteroatoms. The Labute approximate surface area is 135 Å². The van der Waals surface area contributed by atoms with Crippen LogP contribution in [0, 0.1) is 23.1 Å². The number of ketones is 1. The zero-order chi connectivity index (χ0) is 16.6. The van der Waals surface area contributed by atoms with Gasteiger partial charge in [-0.2, -0.15) is 5.26 Å². The molecule has 3 rings (SSSR count). The third-order valence-corrected chi connectivity index (χ3v) is 7.77. The number of carbonyl (C=O) groups excluding carboxylic acids is 1. The molecule has 2 aliphatic rings. The van der Waals surface area contributed by atoms with E-state index in [-0.39, 0.29) is 17.8 Å². The number of Topliss-reactive ketones (excluding diaryl/α,β-unsaturated/α-hetero) is 1. The molecule has 0 saturated carbocycles. The first kappa shape index (κ1) is 16.1. The van der Waals surface area contributed by atoms with E-state index >= 15 is 0 Å². The molecular formula is C17H18FNO3S. The summed E-state index contributed by atoms with van der Waals surface area (Å²) in [4.78, 5) is 12.8. The Morgan fingerprint density at radius 3 is 2.52 bits per heavy atom. The van der Waals surface area contributed by atoms with Crippen LogP contribution in [0.4, 0.5) is 4.39 Å². The van der Waals surface area contributed by atoms with Gasteiger partial charge >= 0.3 is 0 Å². The summed E-state index contributed by atoms with van der Waals surface area (Å²) in [6.07, 6.45) is 2.78. The van der Waals surface area contributed by atoms with Gasteiger partial charge in [-0.1, -0.05) is 12.5 Å². The maximum atomic E-state index is 13.5. The van der Waals surface area contributed by atoms with Crippen molar-refractivity contribution in [3.05, 3.63) is 35.1 Å². The molecule has 23 heavy (non-hydrogen) atoms. The van der Waals surface area contributed by atoms with E-state index < -0.39 is 32.1 Å². The topological polar surface area (TPSA) is 75.0 Å². The van der Waals surface area contributed by atoms with Gasteiger partial charge in [-0.15, -0.1) is 0 Å². The second-order valence-electron chi connectivity index (χ2n) is 6.43. The van der Waals surface area contributed by atoms with Gasteiger partial charge in [-0.3, -0.25) is 4.79 Å². The zero-order valence-corrected chi connectivity index (χ0v) is 13.5. The fourth-order valence-corrected chi connectivity index (χ4v) is 6.40. The normalized spacial score (nSPS) is 28.8. The first-order chi connectivity index (χ1) is 10.9. The number of nitrogens with zero attached hydrogens (tertiary/aromatic N) is 1. The molecule has 2 unspecified atom stereocenters. The molecule has 0 spiro atoms. The minimum Gasteiger partial charge on any atom is -0.294 e. The number of carbonyl (C=O) groups is 1. The minimum absolute atomic E-state index is 0.0409. The predicted molar refractivity (Wildman–Crippen MR) is 83.1 cm³/mol. The van der Waals surface area contributed by atoms with Crippen LogP contribution in [0.1, 0.15) is 48.0 Å². The summed E-state index contributed by atoms with van der Waals surface area (Å²) in [6, 6.07) is 5.86. The minimum atomic E-state index is -3.12. The molecule has 1 aromatic carbocycles. The van der Waals surface area contributed by atoms with Crippen molar-refractivity contribution in [2.24, 2.45) is 5.92 Å². The highest BCUT2D eigenvalue weighted by Crippen LogP contribution is 2.40. The number of hydrogen-bond acceptors (Lipinski definition) is 4. The van der Waals surface area contributed by atoms with Crippen molar-refractivity contribution in [2.75, 3.05) is 0 Å². The van der Waals surface area contributed by atoms with E-state index in [2.05, 4.69) is 0 Å². The lowest BCUT2D eigenvalue weighted by Crippen LogP contribution is -2.45. The molecule has 0 radical (unpaired) electrons. The number of halogens is 1. The molecule has 4 nitrogen and oxygen atoms in total. The molecule has 1 aromatic rings. The van der Waals surface area contributed by atoms with Crippen LogP contribution in [-0.4, -0.2) is 24.7 Å². The summed E-state index contributed by atoms with van der Waals surface area (Å²) in [6.45, 7) is 0. The lowest BCUT2D eigenvalue weighted by molar-refractivity contribution is 0.0892. The summed E-state index contributed by atoms with van der Waals surface area (Å²) >= 11 is 0. The van der Waals surface area contributed by atoms with Crippen LogP contribution in [-0.2, 0) is 16.3 Å². The molecule has 122 valence electrons. The van der Waals surface area contributed by atoms with E-state index in [1.165, 1.54) is 18.2 Å². The van der Waals surface area contributed by atoms with Crippen molar-refractivity contribution in [1.82, 2.24) is 0 Å². The predicted octanol–water partition coefficient (Wildman–Crippen LogP) is 2.82. The van der Waals surface area contributed by atoms with E-state index in [1.54, 1.807) is 0 Å². The Kier molecular flexibility index (Phi) is 4.24. The summed E-state index contributed by atoms with van der Waals surface area (Å²) in [5.74, 6) is -1.13. The van der Waals surface area contributed by atoms with Crippen LogP contribution in [0.25, 0.3) is 0 Å². The van der Waals surface area contributed by atoms with Gasteiger partial charge in [0.1, 0.15) is 5.82 Å². The number of hydrogen-bond donors (Lipinski definition) is 0. The summed E-state index contributed by atoms with van der Waals surface area (Å²) in [5.41, 5.74) is 0.742. The fraction of sp³-hybridized carbons (Fsp3) is 0.529. The first-order valence-corrected chi connectivity index (χ1v) is 9.46. The second kappa shape index (κ2) is 6.04. The standard InChI is InChI=1S/C17H18FNO3S/c18-13-5-4-11(6-7-19)16(10-13)17(20)12-8-14-2-1-3-15(9-12)23(14,21)22/h4-5,10,12,14-15H,1-3,6,8-9H2. The molecule has 2 saturated heterocycles. The van der Waals surface area contributed by atoms with Crippen LogP contribution in [0.5, 0.6) is 0 Å². The maximum absolute atomic E-state index is 13.5. The first-order valence-electron chi connectivity index (χ1n) is 7.85. The van der Waals surface area contributed by atoms with Gasteiger partial charge in [-0.25, -0.2) is 12.8 Å². The molecule has 2 heterocycles. The molecule has 2 bridgehead atoms. The van der Waals surface area contributed by atoms with Crippen LogP contribution in [0.3, 0.4) is 0 Å². The van der Waals surface area contributed by atoms with Gasteiger partial charge in [-0.05, 0) is 43.4 Å². The molecule has 2 fully saturated rings. The Bertz CT molecular complexity index is 762. The van der Waals surface area contributed by atoms with Crippen molar-refractivity contribution in [3.63, 3.8) is 0 Å². The Balaban J connectivity index is 1.90. The molecular weight excluding hydrogens is 317 g/mol. The van der Waals surface area contributed by atoms with Gasteiger partial charge in [0.05, 0.1) is 23.0 Å². The molecule has 2 aliphatic heterocycles. The van der Waals surface area contributed by atoms with Gasteiger partial charge in [0.15, 0.2) is 15.6 Å². The highest BCUT2D eigenvalue weighted by atomic mass is 32.2. The van der Waals surface area contributed by atoms with Crippen LogP contribution >= 0.6 is 0 Å². The van der Waals surface area contributed by atoms with Crippen LogP contribution in [0.2, 0.25) is 0 Å². The number of rotatable bonds is 3. The number of benzene rings is 1. The molecule has 0 amide bonds. The van der Waals surface area contributed by atoms with Gasteiger partial charge in [0.2, 0.25) is 0 Å². The van der Waals surface area contributed by atoms with E-state index in [0.29, 0.717) is 31.2 Å². The van der Waals surface area contributed by atoms with Gasteiger partial charge < -0.3 is 0 Å². The van der Waals surface area contributed by atoms with Crippen molar-refractivity contribution in [1.29, 1.82) is 5.26 Å². The third kappa shape index (κ3) is 2.90. The van der Waals surface area contributed by atoms with E-state index in [1.807, 2.05) is 6.07 Å². The largest absolute Gasteiger partial charge is 0.294 e. The van der Waals surface area contributed by atoms with E-state index in [4.69, 9.17) is 5.26 Å². The molecule has 2 atom stereocenters. The lowest BCUT2D eigenvalue weighted by atomic mass is 9.83. The average molecular weight is 335 g/mol. The highest BCUT2D eigenvalue weighted by molar-refractivity contribution is 7.92. The second-order valence-corrected chi connectivity index (χ2v) is 8.94. The Morgan fingerprint density at radius 1 is 1.26 bits per heavy atom. The zero-order valence-electron chi connectivity index (χ0n) is 12.7. The monoisotopic (exact) mass is 335 g/mol. The van der Waals surface area contributed by atoms with Gasteiger partial charge in [0, 0.05) is 11.5 Å². The molecule has 0 N–H and O–H groups in total. The summed E-state index contributed by atoms with van der Waals surface area (Å²) < 4.78 is 38.2. The van der Waals surface area contributed by atoms with Crippen LogP contribution in [0.15, 0.2) is 18.2 Å². The number of sulfone groups is 1. The smallest absolute Gasteiger partial charge is 0.166 e.